The lowest BCUT2D eigenvalue weighted by molar-refractivity contribution is -0.478. The first-order valence-corrected chi connectivity index (χ1v) is 4.52. The zero-order chi connectivity index (χ0) is 12.2. The van der Waals surface area contributed by atoms with E-state index < -0.39 is 7.25 Å². The van der Waals surface area contributed by atoms with Gasteiger partial charge in [-0.25, -0.2) is 4.99 Å². The van der Waals surface area contributed by atoms with Gasteiger partial charge in [-0.15, -0.1) is 0 Å². The van der Waals surface area contributed by atoms with E-state index in [0.717, 1.165) is 12.4 Å². The second-order valence-electron chi connectivity index (χ2n) is 3.04. The summed E-state index contributed by atoms with van der Waals surface area (Å²) in [6.07, 6.45) is 0. The maximum absolute atomic E-state index is 9.75. The van der Waals surface area contributed by atoms with Gasteiger partial charge in [-0.05, 0) is 6.07 Å². The van der Waals surface area contributed by atoms with E-state index in [1.807, 2.05) is 12.1 Å². The smallest absolute Gasteiger partial charge is 0.448 e. The van der Waals surface area contributed by atoms with Crippen LogP contribution in [0.4, 0.5) is 17.3 Å². The normalized spacial score (nSPS) is 13.4. The van der Waals surface area contributed by atoms with Crippen LogP contribution in [0, 0.1) is 0 Å². The van der Waals surface area contributed by atoms with Crippen LogP contribution in [0.3, 0.4) is 0 Å². The lowest BCUT2D eigenvalue weighted by Crippen LogP contribution is -2.68. The highest BCUT2D eigenvalue weighted by Crippen LogP contribution is 2.09. The fourth-order valence-corrected chi connectivity index (χ4v) is 1.35. The van der Waals surface area contributed by atoms with Crippen LogP contribution >= 0.6 is 0 Å². The summed E-state index contributed by atoms with van der Waals surface area (Å²) in [4.78, 5) is 3.17. The predicted octanol–water partition coefficient (Wildman–Crippen LogP) is 0.974. The molecule has 1 aromatic rings. The van der Waals surface area contributed by atoms with Crippen LogP contribution in [0.5, 0.6) is 0 Å². The molecule has 1 aromatic carbocycles. The van der Waals surface area contributed by atoms with Crippen LogP contribution < -0.4 is 4.99 Å². The Labute approximate surface area is 90.1 Å². The Morgan fingerprint density at radius 3 is 2.31 bits per heavy atom. The molecular weight excluding hydrogens is 225 g/mol. The van der Waals surface area contributed by atoms with Gasteiger partial charge in [-0.3, -0.25) is 0 Å². The predicted molar refractivity (Wildman–Crippen MR) is 52.4 cm³/mol. The molecule has 2 nitrogen and oxygen atoms in total. The van der Waals surface area contributed by atoms with Gasteiger partial charge in [0.2, 0.25) is 0 Å². The van der Waals surface area contributed by atoms with E-state index in [2.05, 4.69) is 17.1 Å². The van der Waals surface area contributed by atoms with Crippen molar-refractivity contribution in [2.45, 2.75) is 6.54 Å². The molecule has 0 amide bonds. The molecule has 0 fully saturated rings. The first-order valence-electron chi connectivity index (χ1n) is 4.52. The van der Waals surface area contributed by atoms with Crippen molar-refractivity contribution in [2.24, 2.45) is 0 Å². The zero-order valence-electron chi connectivity index (χ0n) is 8.51. The number of hydrogen-bond donors (Lipinski definition) is 1. The number of fused-ring (bicyclic) bond motifs is 1. The van der Waals surface area contributed by atoms with Crippen molar-refractivity contribution in [3.63, 3.8) is 0 Å². The first-order chi connectivity index (χ1) is 7.42. The standard InChI is InChI=1S/C9H9NO.BF4/c1-11-9-8-5-3-2-4-7(8)6-10-9;2-1(3,4)5/h2-5H,6H2,1H3;/q;-1/p+1. The maximum Gasteiger partial charge on any atom is 0.673 e. The molecular formula is C9H10BF4NO. The van der Waals surface area contributed by atoms with Crippen molar-refractivity contribution >= 4 is 13.2 Å². The van der Waals surface area contributed by atoms with Gasteiger partial charge in [0, 0.05) is 5.56 Å². The minimum Gasteiger partial charge on any atom is -0.448 e. The van der Waals surface area contributed by atoms with Gasteiger partial charge >= 0.3 is 13.2 Å². The molecule has 16 heavy (non-hydrogen) atoms. The number of hydrogen-bond acceptors (Lipinski definition) is 1. The average molecular weight is 235 g/mol. The molecule has 0 spiro atoms. The molecule has 1 heterocycles. The lowest BCUT2D eigenvalue weighted by atomic mass is 10.1. The largest absolute Gasteiger partial charge is 0.673 e. The van der Waals surface area contributed by atoms with E-state index in [1.54, 1.807) is 7.11 Å². The number of halogens is 4. The van der Waals surface area contributed by atoms with Crippen LogP contribution in [-0.4, -0.2) is 20.3 Å². The van der Waals surface area contributed by atoms with Crippen LogP contribution in [-0.2, 0) is 11.3 Å². The van der Waals surface area contributed by atoms with E-state index in [-0.39, 0.29) is 0 Å². The van der Waals surface area contributed by atoms with Crippen LogP contribution in [0.1, 0.15) is 11.1 Å². The van der Waals surface area contributed by atoms with Crippen LogP contribution in [0.25, 0.3) is 0 Å². The third-order valence-corrected chi connectivity index (χ3v) is 1.91. The molecule has 1 N–H and O–H groups in total. The topological polar surface area (TPSA) is 23.2 Å². The fourth-order valence-electron chi connectivity index (χ4n) is 1.35. The molecule has 0 radical (unpaired) electrons. The molecule has 1 aliphatic rings. The summed E-state index contributed by atoms with van der Waals surface area (Å²) in [6, 6.07) is 8.23. The quantitative estimate of drug-likeness (QED) is 0.525. The van der Waals surface area contributed by atoms with Gasteiger partial charge in [-0.2, -0.15) is 0 Å². The van der Waals surface area contributed by atoms with Crippen molar-refractivity contribution < 1.29 is 27.0 Å². The summed E-state index contributed by atoms with van der Waals surface area (Å²) in [7, 11) is -4.32. The van der Waals surface area contributed by atoms with Gasteiger partial charge in [0.05, 0.1) is 12.7 Å². The van der Waals surface area contributed by atoms with Crippen molar-refractivity contribution in [3.05, 3.63) is 35.4 Å². The second-order valence-corrected chi connectivity index (χ2v) is 3.04. The molecule has 1 aliphatic heterocycles. The Morgan fingerprint density at radius 2 is 1.75 bits per heavy atom. The van der Waals surface area contributed by atoms with Crippen LogP contribution in [0.15, 0.2) is 24.3 Å². The number of ether oxygens (including phenoxy) is 1. The highest BCUT2D eigenvalue weighted by molar-refractivity contribution is 6.50. The number of benzene rings is 1. The van der Waals surface area contributed by atoms with Gasteiger partial charge in [-0.1, -0.05) is 18.2 Å². The van der Waals surface area contributed by atoms with E-state index in [9.17, 15) is 17.3 Å². The van der Waals surface area contributed by atoms with Gasteiger partial charge < -0.3 is 22.0 Å². The Morgan fingerprint density at radius 1 is 1.19 bits per heavy atom. The van der Waals surface area contributed by atoms with Gasteiger partial charge in [0.25, 0.3) is 0 Å². The minimum absolute atomic E-state index is 0.888. The molecule has 0 aliphatic carbocycles. The molecule has 0 atom stereocenters. The molecule has 0 saturated heterocycles. The monoisotopic (exact) mass is 235 g/mol. The van der Waals surface area contributed by atoms with Gasteiger partial charge in [0.15, 0.2) is 6.54 Å². The summed E-state index contributed by atoms with van der Waals surface area (Å²) in [5.41, 5.74) is 2.50. The Balaban J connectivity index is 0.000000221. The summed E-state index contributed by atoms with van der Waals surface area (Å²) >= 11 is 0. The summed E-state index contributed by atoms with van der Waals surface area (Å²) in [5, 5.41) is 0. The third-order valence-electron chi connectivity index (χ3n) is 1.91. The van der Waals surface area contributed by atoms with Crippen molar-refractivity contribution in [1.29, 1.82) is 0 Å². The van der Waals surface area contributed by atoms with E-state index in [1.165, 1.54) is 11.1 Å². The summed E-state index contributed by atoms with van der Waals surface area (Å²) in [6.45, 7) is 0.888. The van der Waals surface area contributed by atoms with Crippen LogP contribution in [0.2, 0.25) is 0 Å². The van der Waals surface area contributed by atoms with Crippen molar-refractivity contribution in [3.8, 4) is 0 Å². The number of rotatable bonds is 0. The first kappa shape index (κ1) is 12.5. The van der Waals surface area contributed by atoms with Gasteiger partial charge in [0.1, 0.15) is 0 Å². The molecule has 0 unspecified atom stereocenters. The Hall–Kier alpha value is -1.53. The molecule has 0 bridgehead atoms. The lowest BCUT2D eigenvalue weighted by Gasteiger charge is -1.94. The Kier molecular flexibility index (Phi) is 3.92. The number of methoxy groups -OCH3 is 1. The van der Waals surface area contributed by atoms with Crippen molar-refractivity contribution in [1.82, 2.24) is 0 Å². The van der Waals surface area contributed by atoms with E-state index in [4.69, 9.17) is 4.74 Å². The Bertz CT molecular complexity index is 385. The fraction of sp³-hybridized carbons (Fsp3) is 0.222. The van der Waals surface area contributed by atoms with E-state index in [0.29, 0.717) is 0 Å². The second kappa shape index (κ2) is 5.00. The van der Waals surface area contributed by atoms with E-state index >= 15 is 0 Å². The maximum atomic E-state index is 9.75. The average Bonchev–Trinajstić information content (AvgIpc) is 2.58. The van der Waals surface area contributed by atoms with Crippen molar-refractivity contribution in [2.75, 3.05) is 7.11 Å². The minimum atomic E-state index is -6.00. The zero-order valence-corrected chi connectivity index (χ0v) is 8.51. The highest BCUT2D eigenvalue weighted by atomic mass is 19.5. The summed E-state index contributed by atoms with van der Waals surface area (Å²) in [5.74, 6) is 0.889. The summed E-state index contributed by atoms with van der Waals surface area (Å²) < 4.78 is 44.1. The molecule has 0 aromatic heterocycles. The molecule has 2 rings (SSSR count). The third kappa shape index (κ3) is 3.92. The molecule has 7 heteroatoms. The molecule has 0 saturated carbocycles. The SMILES string of the molecule is COC1=[NH+]Cc2ccccc21.F[B-](F)(F)F. The number of nitrogens with one attached hydrogen (secondary N) is 1. The molecule has 88 valence electrons. The highest BCUT2D eigenvalue weighted by Gasteiger charge is 2.21.